The molecule has 2 aromatic rings. The molecule has 1 aliphatic heterocycles. The van der Waals surface area contributed by atoms with Crippen LogP contribution in [0.15, 0.2) is 104 Å². The molecule has 1 heterocycles. The second-order valence-electron chi connectivity index (χ2n) is 10.8. The zero-order valence-electron chi connectivity index (χ0n) is 24.4. The van der Waals surface area contributed by atoms with E-state index in [-0.39, 0.29) is 5.41 Å². The predicted molar refractivity (Wildman–Crippen MR) is 164 cm³/mol. The molecule has 3 rings (SSSR count). The fourth-order valence-corrected chi connectivity index (χ4v) is 6.26. The van der Waals surface area contributed by atoms with Gasteiger partial charge in [0.1, 0.15) is 11.5 Å². The fourth-order valence-electron chi connectivity index (χ4n) is 5.04. The number of benzene rings is 2. The first-order chi connectivity index (χ1) is 17.8. The Bertz CT molecular complexity index is 1400. The first kappa shape index (κ1) is 29.2. The smallest absolute Gasteiger partial charge is 0.124 e. The maximum Gasteiger partial charge on any atom is 0.124 e. The Morgan fingerprint density at radius 1 is 1.00 bits per heavy atom. The minimum Gasteiger partial charge on any atom is -0.496 e. The first-order valence-electron chi connectivity index (χ1n) is 12.8. The molecule has 1 aliphatic rings. The second-order valence-corrected chi connectivity index (χ2v) is 11.9. The van der Waals surface area contributed by atoms with E-state index in [1.54, 1.807) is 18.9 Å². The third kappa shape index (κ3) is 6.05. The molecule has 0 fully saturated rings. The third-order valence-corrected chi connectivity index (χ3v) is 8.05. The van der Waals surface area contributed by atoms with Crippen molar-refractivity contribution in [2.45, 2.75) is 70.6 Å². The molecule has 0 unspecified atom stereocenters. The van der Waals surface area contributed by atoms with Crippen molar-refractivity contribution in [3.63, 3.8) is 0 Å². The number of hydrogen-bond donors (Lipinski definition) is 0. The summed E-state index contributed by atoms with van der Waals surface area (Å²) in [7, 11) is 3.81. The SMILES string of the molecule is C=C(C)/C(OC)=C(C)\C=C(/C)c1ccc2c(c1)Sc1cc(C(C)(C)/C=C(/C)C(N=O)=C(C)C)ccc1N2C. The summed E-state index contributed by atoms with van der Waals surface area (Å²) in [5.41, 5.74) is 9.98. The van der Waals surface area contributed by atoms with Crippen molar-refractivity contribution in [2.24, 2.45) is 5.18 Å². The van der Waals surface area contributed by atoms with Crippen LogP contribution in [0.25, 0.3) is 5.57 Å². The van der Waals surface area contributed by atoms with Crippen LogP contribution in [0, 0.1) is 4.91 Å². The van der Waals surface area contributed by atoms with Crippen LogP contribution < -0.4 is 4.90 Å². The molecule has 0 saturated heterocycles. The summed E-state index contributed by atoms with van der Waals surface area (Å²) in [6, 6.07) is 13.3. The molecule has 0 N–H and O–H groups in total. The Kier molecular flexibility index (Phi) is 8.94. The Morgan fingerprint density at radius 3 is 2.16 bits per heavy atom. The van der Waals surface area contributed by atoms with Gasteiger partial charge in [-0.1, -0.05) is 56.5 Å². The molecular weight excluding hydrogens is 488 g/mol. The van der Waals surface area contributed by atoms with Gasteiger partial charge in [0.05, 0.1) is 18.5 Å². The molecular formula is C33H40N2O2S. The molecule has 5 heteroatoms. The maximum absolute atomic E-state index is 11.4. The van der Waals surface area contributed by atoms with E-state index in [1.807, 2.05) is 27.7 Å². The van der Waals surface area contributed by atoms with Crippen molar-refractivity contribution >= 4 is 28.7 Å². The van der Waals surface area contributed by atoms with Crippen LogP contribution in [0.1, 0.15) is 66.5 Å². The average molecular weight is 529 g/mol. The van der Waals surface area contributed by atoms with Crippen LogP contribution in [0.2, 0.25) is 0 Å². The van der Waals surface area contributed by atoms with E-state index in [0.717, 1.165) is 28.1 Å². The van der Waals surface area contributed by atoms with Gasteiger partial charge in [-0.05, 0) is 110 Å². The molecule has 4 nitrogen and oxygen atoms in total. The van der Waals surface area contributed by atoms with Crippen molar-refractivity contribution in [1.82, 2.24) is 0 Å². The highest BCUT2D eigenvalue weighted by Gasteiger charge is 2.25. The Balaban J connectivity index is 2.00. The quantitative estimate of drug-likeness (QED) is 0.194. The summed E-state index contributed by atoms with van der Waals surface area (Å²) in [6.45, 7) is 20.3. The zero-order valence-corrected chi connectivity index (χ0v) is 25.3. The van der Waals surface area contributed by atoms with Gasteiger partial charge >= 0.3 is 0 Å². The fraction of sp³-hybridized carbons (Fsp3) is 0.333. The van der Waals surface area contributed by atoms with E-state index in [4.69, 9.17) is 4.74 Å². The summed E-state index contributed by atoms with van der Waals surface area (Å²) >= 11 is 1.80. The van der Waals surface area contributed by atoms with Crippen LogP contribution in [0.5, 0.6) is 0 Å². The average Bonchev–Trinajstić information content (AvgIpc) is 2.83. The van der Waals surface area contributed by atoms with Crippen LogP contribution >= 0.6 is 11.8 Å². The summed E-state index contributed by atoms with van der Waals surface area (Å²) in [6.07, 6.45) is 4.30. The lowest BCUT2D eigenvalue weighted by Gasteiger charge is -2.32. The van der Waals surface area contributed by atoms with Gasteiger partial charge in [-0.15, -0.1) is 4.91 Å². The summed E-state index contributed by atoms with van der Waals surface area (Å²) in [5, 5.41) is 3.27. The predicted octanol–water partition coefficient (Wildman–Crippen LogP) is 10.1. The van der Waals surface area contributed by atoms with Crippen molar-refractivity contribution in [3.05, 3.63) is 105 Å². The molecule has 0 amide bonds. The Morgan fingerprint density at radius 2 is 1.61 bits per heavy atom. The van der Waals surface area contributed by atoms with Gasteiger partial charge in [-0.2, -0.15) is 0 Å². The van der Waals surface area contributed by atoms with Crippen molar-refractivity contribution < 1.29 is 4.74 Å². The highest BCUT2D eigenvalue weighted by atomic mass is 32.2. The molecule has 38 heavy (non-hydrogen) atoms. The van der Waals surface area contributed by atoms with E-state index in [0.29, 0.717) is 5.70 Å². The number of anilines is 2. The molecule has 2 aromatic carbocycles. The summed E-state index contributed by atoms with van der Waals surface area (Å²) in [4.78, 5) is 16.1. The molecule has 200 valence electrons. The van der Waals surface area contributed by atoms with Gasteiger partial charge in [-0.3, -0.25) is 0 Å². The Hall–Kier alpha value is -3.31. The number of ether oxygens (including phenoxy) is 1. The van der Waals surface area contributed by atoms with Crippen LogP contribution in [-0.2, 0) is 10.2 Å². The molecule has 0 saturated carbocycles. The lowest BCUT2D eigenvalue weighted by Crippen LogP contribution is -2.18. The molecule has 0 aromatic heterocycles. The number of nitroso groups, excluding NO2 is 1. The van der Waals surface area contributed by atoms with Crippen LogP contribution in [-0.4, -0.2) is 14.2 Å². The Labute approximate surface area is 232 Å². The molecule has 0 atom stereocenters. The van der Waals surface area contributed by atoms with Gasteiger partial charge in [0, 0.05) is 22.3 Å². The number of fused-ring (bicyclic) bond motifs is 2. The second kappa shape index (κ2) is 11.6. The standard InChI is InChI=1S/C33H40N2O2S/c1-20(2)31(34-36)24(7)19-33(8,9)26-13-15-28-30(18-26)38-29-17-25(12-14-27(29)35(28)10)22(5)16-23(6)32(37-11)21(3)4/h12-19H,3H2,1-2,4-11H3/b22-16+,24-19-,32-23+. The maximum atomic E-state index is 11.4. The first-order valence-corrected chi connectivity index (χ1v) is 13.6. The number of hydrogen-bond acceptors (Lipinski definition) is 5. The van der Waals surface area contributed by atoms with E-state index < -0.39 is 0 Å². The molecule has 0 bridgehead atoms. The number of methoxy groups -OCH3 is 1. The van der Waals surface area contributed by atoms with Gasteiger partial charge in [-0.25, -0.2) is 0 Å². The van der Waals surface area contributed by atoms with Gasteiger partial charge in [0.15, 0.2) is 0 Å². The van der Waals surface area contributed by atoms with Gasteiger partial charge in [0.2, 0.25) is 0 Å². The highest BCUT2D eigenvalue weighted by Crippen LogP contribution is 2.49. The van der Waals surface area contributed by atoms with Crippen molar-refractivity contribution in [2.75, 3.05) is 19.1 Å². The van der Waals surface area contributed by atoms with E-state index in [9.17, 15) is 4.91 Å². The number of allylic oxidation sites excluding steroid dienone is 7. The van der Waals surface area contributed by atoms with Gasteiger partial charge < -0.3 is 9.64 Å². The van der Waals surface area contributed by atoms with Crippen molar-refractivity contribution in [1.29, 1.82) is 0 Å². The molecule has 0 radical (unpaired) electrons. The lowest BCUT2D eigenvalue weighted by atomic mass is 9.82. The molecule has 0 aliphatic carbocycles. The number of nitrogens with zero attached hydrogens (tertiary/aromatic N) is 2. The number of rotatable bonds is 8. The van der Waals surface area contributed by atoms with E-state index in [2.05, 4.69) is 99.9 Å². The van der Waals surface area contributed by atoms with E-state index >= 15 is 0 Å². The van der Waals surface area contributed by atoms with E-state index in [1.165, 1.54) is 37.9 Å². The minimum atomic E-state index is -0.267. The lowest BCUT2D eigenvalue weighted by molar-refractivity contribution is 0.298. The monoisotopic (exact) mass is 528 g/mol. The van der Waals surface area contributed by atoms with Crippen LogP contribution in [0.4, 0.5) is 11.4 Å². The normalized spacial score (nSPS) is 14.3. The third-order valence-electron chi connectivity index (χ3n) is 6.96. The van der Waals surface area contributed by atoms with Crippen molar-refractivity contribution in [3.8, 4) is 0 Å². The highest BCUT2D eigenvalue weighted by molar-refractivity contribution is 7.99. The van der Waals surface area contributed by atoms with Gasteiger partial charge in [0.25, 0.3) is 0 Å². The topological polar surface area (TPSA) is 41.9 Å². The minimum absolute atomic E-state index is 0.267. The summed E-state index contributed by atoms with van der Waals surface area (Å²) in [5.74, 6) is 0.824. The summed E-state index contributed by atoms with van der Waals surface area (Å²) < 4.78 is 5.54. The molecule has 0 spiro atoms. The zero-order chi connectivity index (χ0) is 28.4. The largest absolute Gasteiger partial charge is 0.496 e. The van der Waals surface area contributed by atoms with Crippen LogP contribution in [0.3, 0.4) is 0 Å².